The minimum absolute atomic E-state index is 0.310. The molecule has 1 fully saturated rings. The summed E-state index contributed by atoms with van der Waals surface area (Å²) in [5.74, 6) is 0.310. The van der Waals surface area contributed by atoms with Crippen LogP contribution in [0.2, 0.25) is 0 Å². The lowest BCUT2D eigenvalue weighted by Crippen LogP contribution is -2.43. The summed E-state index contributed by atoms with van der Waals surface area (Å²) < 4.78 is 0. The average Bonchev–Trinajstić information content (AvgIpc) is 2.89. The van der Waals surface area contributed by atoms with Crippen molar-refractivity contribution in [1.29, 1.82) is 0 Å². The molecule has 0 aromatic carbocycles. The van der Waals surface area contributed by atoms with E-state index in [2.05, 4.69) is 16.8 Å². The maximum absolute atomic E-state index is 12.2. The van der Waals surface area contributed by atoms with Gasteiger partial charge in [0.15, 0.2) is 0 Å². The van der Waals surface area contributed by atoms with Crippen LogP contribution in [-0.2, 0) is 11.2 Å². The first kappa shape index (κ1) is 12.6. The molecule has 2 rings (SSSR count). The number of nitrogens with zero attached hydrogens (tertiary/aromatic N) is 2. The number of likely N-dealkylation sites (tertiary alicyclic amines) is 1. The molecule has 1 saturated heterocycles. The quantitative estimate of drug-likeness (QED) is 0.825. The van der Waals surface area contributed by atoms with Crippen molar-refractivity contribution in [2.45, 2.75) is 51.5 Å². The first-order valence-electron chi connectivity index (χ1n) is 6.47. The molecule has 0 radical (unpaired) electrons. The van der Waals surface area contributed by atoms with Crippen LogP contribution in [0, 0.1) is 0 Å². The Morgan fingerprint density at radius 3 is 3.18 bits per heavy atom. The molecule has 17 heavy (non-hydrogen) atoms. The van der Waals surface area contributed by atoms with Crippen LogP contribution < -0.4 is 0 Å². The Morgan fingerprint density at radius 1 is 1.59 bits per heavy atom. The third-order valence-corrected chi connectivity index (χ3v) is 4.13. The number of piperidine rings is 1. The molecule has 0 N–H and O–H groups in total. The van der Waals surface area contributed by atoms with E-state index in [1.165, 1.54) is 19.3 Å². The number of carbonyl (C=O) groups excluding carboxylic acids is 1. The van der Waals surface area contributed by atoms with Crippen LogP contribution in [0.1, 0.15) is 44.7 Å². The van der Waals surface area contributed by atoms with Gasteiger partial charge >= 0.3 is 0 Å². The second kappa shape index (κ2) is 6.15. The highest BCUT2D eigenvalue weighted by Gasteiger charge is 2.24. The van der Waals surface area contributed by atoms with E-state index in [1.807, 2.05) is 10.9 Å². The highest BCUT2D eigenvalue weighted by molar-refractivity contribution is 7.07. The van der Waals surface area contributed by atoms with Gasteiger partial charge in [-0.15, -0.1) is 11.3 Å². The molecule has 3 nitrogen and oxygen atoms in total. The van der Waals surface area contributed by atoms with Crippen LogP contribution in [0.3, 0.4) is 0 Å². The van der Waals surface area contributed by atoms with E-state index < -0.39 is 0 Å². The standard InChI is InChI=1S/C13H20N2OS/c1-2-12-5-3-4-8-15(12)13(16)7-6-11-9-17-10-14-11/h9-10,12H,2-8H2,1H3. The Labute approximate surface area is 107 Å². The highest BCUT2D eigenvalue weighted by Crippen LogP contribution is 2.20. The predicted molar refractivity (Wildman–Crippen MR) is 70.1 cm³/mol. The van der Waals surface area contributed by atoms with Gasteiger partial charge in [-0.1, -0.05) is 6.92 Å². The third kappa shape index (κ3) is 3.28. The van der Waals surface area contributed by atoms with Gasteiger partial charge in [0.05, 0.1) is 11.2 Å². The Bertz CT molecular complexity index is 350. The van der Waals surface area contributed by atoms with Crippen molar-refractivity contribution in [3.8, 4) is 0 Å². The Hall–Kier alpha value is -0.900. The van der Waals surface area contributed by atoms with Crippen LogP contribution in [0.5, 0.6) is 0 Å². The summed E-state index contributed by atoms with van der Waals surface area (Å²) in [5.41, 5.74) is 2.88. The molecular formula is C13H20N2OS. The van der Waals surface area contributed by atoms with Crippen molar-refractivity contribution in [3.05, 3.63) is 16.6 Å². The molecule has 0 saturated carbocycles. The molecule has 0 aliphatic carbocycles. The van der Waals surface area contributed by atoms with E-state index in [9.17, 15) is 4.79 Å². The second-order valence-corrected chi connectivity index (χ2v) is 5.34. The summed E-state index contributed by atoms with van der Waals surface area (Å²) >= 11 is 1.60. The number of hydrogen-bond donors (Lipinski definition) is 0. The minimum atomic E-state index is 0.310. The zero-order chi connectivity index (χ0) is 12.1. The normalized spacial score (nSPS) is 20.5. The van der Waals surface area contributed by atoms with Crippen LogP contribution in [0.4, 0.5) is 0 Å². The summed E-state index contributed by atoms with van der Waals surface area (Å²) in [6, 6.07) is 0.478. The van der Waals surface area contributed by atoms with E-state index >= 15 is 0 Å². The largest absolute Gasteiger partial charge is 0.340 e. The fraction of sp³-hybridized carbons (Fsp3) is 0.692. The zero-order valence-electron chi connectivity index (χ0n) is 10.4. The van der Waals surface area contributed by atoms with Gasteiger partial charge in [0.25, 0.3) is 0 Å². The molecule has 1 amide bonds. The van der Waals surface area contributed by atoms with Gasteiger partial charge in [0.1, 0.15) is 0 Å². The first-order valence-corrected chi connectivity index (χ1v) is 7.42. The molecule has 1 aliphatic rings. The SMILES string of the molecule is CCC1CCCCN1C(=O)CCc1cscn1. The number of thiazole rings is 1. The van der Waals surface area contributed by atoms with Crippen molar-refractivity contribution in [2.24, 2.45) is 0 Å². The number of aromatic nitrogens is 1. The molecule has 1 aromatic rings. The average molecular weight is 252 g/mol. The van der Waals surface area contributed by atoms with Crippen molar-refractivity contribution in [3.63, 3.8) is 0 Å². The summed E-state index contributed by atoms with van der Waals surface area (Å²) in [7, 11) is 0. The molecule has 0 bridgehead atoms. The molecule has 1 aromatic heterocycles. The molecule has 4 heteroatoms. The van der Waals surface area contributed by atoms with E-state index in [1.54, 1.807) is 11.3 Å². The monoisotopic (exact) mass is 252 g/mol. The zero-order valence-corrected chi connectivity index (χ0v) is 11.2. The first-order chi connectivity index (χ1) is 8.31. The number of rotatable bonds is 4. The van der Waals surface area contributed by atoms with E-state index in [4.69, 9.17) is 0 Å². The Balaban J connectivity index is 1.85. The van der Waals surface area contributed by atoms with Gasteiger partial charge in [-0.05, 0) is 32.1 Å². The van der Waals surface area contributed by atoms with Gasteiger partial charge in [-0.25, -0.2) is 4.98 Å². The summed E-state index contributed by atoms with van der Waals surface area (Å²) in [6.07, 6.45) is 6.10. The molecular weight excluding hydrogens is 232 g/mol. The van der Waals surface area contributed by atoms with Gasteiger partial charge < -0.3 is 4.90 Å². The lowest BCUT2D eigenvalue weighted by Gasteiger charge is -2.35. The number of amides is 1. The van der Waals surface area contributed by atoms with E-state index in [-0.39, 0.29) is 0 Å². The van der Waals surface area contributed by atoms with Gasteiger partial charge in [-0.3, -0.25) is 4.79 Å². The molecule has 1 atom stereocenters. The van der Waals surface area contributed by atoms with Gasteiger partial charge in [-0.2, -0.15) is 0 Å². The second-order valence-electron chi connectivity index (χ2n) is 4.62. The molecule has 0 spiro atoms. The topological polar surface area (TPSA) is 33.2 Å². The maximum atomic E-state index is 12.2. The van der Waals surface area contributed by atoms with Crippen molar-refractivity contribution >= 4 is 17.2 Å². The van der Waals surface area contributed by atoms with Crippen LogP contribution in [-0.4, -0.2) is 28.4 Å². The number of aryl methyl sites for hydroxylation is 1. The Morgan fingerprint density at radius 2 is 2.47 bits per heavy atom. The lowest BCUT2D eigenvalue weighted by atomic mass is 9.99. The van der Waals surface area contributed by atoms with Crippen molar-refractivity contribution in [2.75, 3.05) is 6.54 Å². The maximum Gasteiger partial charge on any atom is 0.223 e. The minimum Gasteiger partial charge on any atom is -0.340 e. The molecule has 1 unspecified atom stereocenters. The number of hydrogen-bond acceptors (Lipinski definition) is 3. The lowest BCUT2D eigenvalue weighted by molar-refractivity contribution is -0.134. The predicted octanol–water partition coefficient (Wildman–Crippen LogP) is 2.87. The fourth-order valence-corrected chi connectivity index (χ4v) is 3.09. The van der Waals surface area contributed by atoms with Crippen LogP contribution >= 0.6 is 11.3 Å². The third-order valence-electron chi connectivity index (χ3n) is 3.50. The van der Waals surface area contributed by atoms with Gasteiger partial charge in [0, 0.05) is 24.4 Å². The molecule has 1 aliphatic heterocycles. The van der Waals surface area contributed by atoms with Crippen LogP contribution in [0.25, 0.3) is 0 Å². The summed E-state index contributed by atoms with van der Waals surface area (Å²) in [6.45, 7) is 3.13. The summed E-state index contributed by atoms with van der Waals surface area (Å²) in [4.78, 5) is 18.5. The van der Waals surface area contributed by atoms with E-state index in [0.29, 0.717) is 18.4 Å². The number of carbonyl (C=O) groups is 1. The Kier molecular flexibility index (Phi) is 4.54. The summed E-state index contributed by atoms with van der Waals surface area (Å²) in [5, 5.41) is 2.03. The molecule has 2 heterocycles. The van der Waals surface area contributed by atoms with Gasteiger partial charge in [0.2, 0.25) is 5.91 Å². The fourth-order valence-electron chi connectivity index (χ4n) is 2.49. The highest BCUT2D eigenvalue weighted by atomic mass is 32.1. The van der Waals surface area contributed by atoms with Crippen molar-refractivity contribution in [1.82, 2.24) is 9.88 Å². The van der Waals surface area contributed by atoms with E-state index in [0.717, 1.165) is 25.1 Å². The van der Waals surface area contributed by atoms with Crippen LogP contribution in [0.15, 0.2) is 10.9 Å². The smallest absolute Gasteiger partial charge is 0.223 e. The molecule has 94 valence electrons. The van der Waals surface area contributed by atoms with Crippen molar-refractivity contribution < 1.29 is 4.79 Å².